The molecule has 0 aromatic carbocycles. The van der Waals surface area contributed by atoms with Crippen LogP contribution >= 0.6 is 0 Å². The van der Waals surface area contributed by atoms with Gasteiger partial charge in [0.25, 0.3) is 0 Å². The van der Waals surface area contributed by atoms with Crippen LogP contribution < -0.4 is 5.32 Å². The van der Waals surface area contributed by atoms with Crippen molar-refractivity contribution < 1.29 is 19.1 Å². The van der Waals surface area contributed by atoms with Crippen LogP contribution in [0.4, 0.5) is 0 Å². The fourth-order valence-electron chi connectivity index (χ4n) is 2.68. The van der Waals surface area contributed by atoms with E-state index in [4.69, 9.17) is 4.74 Å². The highest BCUT2D eigenvalue weighted by Gasteiger charge is 2.42. The summed E-state index contributed by atoms with van der Waals surface area (Å²) in [7, 11) is 1.39. The van der Waals surface area contributed by atoms with Crippen LogP contribution in [0.15, 0.2) is 0 Å². The van der Waals surface area contributed by atoms with E-state index in [1.54, 1.807) is 6.92 Å². The molecule has 1 N–H and O–H groups in total. The first-order chi connectivity index (χ1) is 8.51. The van der Waals surface area contributed by atoms with Crippen LogP contribution in [0.25, 0.3) is 0 Å². The van der Waals surface area contributed by atoms with E-state index in [1.165, 1.54) is 7.11 Å². The predicted molar refractivity (Wildman–Crippen MR) is 66.9 cm³/mol. The van der Waals surface area contributed by atoms with Crippen molar-refractivity contribution in [3.05, 3.63) is 0 Å². The van der Waals surface area contributed by atoms with Crippen LogP contribution in [0, 0.1) is 11.8 Å². The number of ether oxygens (including phenoxy) is 2. The second-order valence-corrected chi connectivity index (χ2v) is 4.82. The largest absolute Gasteiger partial charge is 0.469 e. The molecule has 1 fully saturated rings. The van der Waals surface area contributed by atoms with Gasteiger partial charge >= 0.3 is 11.9 Å². The minimum atomic E-state index is -0.261. The zero-order valence-corrected chi connectivity index (χ0v) is 11.6. The van der Waals surface area contributed by atoms with Crippen molar-refractivity contribution >= 4 is 11.9 Å². The van der Waals surface area contributed by atoms with E-state index >= 15 is 0 Å². The van der Waals surface area contributed by atoms with Crippen LogP contribution in [0.1, 0.15) is 33.6 Å². The standard InChI is InChI=1S/C13H23NO4/c1-5-18-13(16)12-8(2)10(9(3)14-12)6-7-11(15)17-4/h8-10,12,14H,5-7H2,1-4H3. The van der Waals surface area contributed by atoms with Gasteiger partial charge in [0, 0.05) is 12.5 Å². The minimum absolute atomic E-state index is 0.170. The average molecular weight is 257 g/mol. The highest BCUT2D eigenvalue weighted by molar-refractivity contribution is 5.76. The van der Waals surface area contributed by atoms with Gasteiger partial charge < -0.3 is 14.8 Å². The molecule has 0 radical (unpaired) electrons. The Labute approximate surface area is 108 Å². The first-order valence-electron chi connectivity index (χ1n) is 6.50. The Morgan fingerprint density at radius 3 is 2.50 bits per heavy atom. The third-order valence-corrected chi connectivity index (χ3v) is 3.74. The van der Waals surface area contributed by atoms with Gasteiger partial charge in [-0.15, -0.1) is 0 Å². The van der Waals surface area contributed by atoms with Crippen molar-refractivity contribution in [1.82, 2.24) is 5.32 Å². The SMILES string of the molecule is CCOC(=O)C1NC(C)C(CCC(=O)OC)C1C. The molecular formula is C13H23NO4. The molecule has 0 spiro atoms. The van der Waals surface area contributed by atoms with Gasteiger partial charge in [0.15, 0.2) is 0 Å². The Bertz CT molecular complexity index is 305. The van der Waals surface area contributed by atoms with E-state index < -0.39 is 0 Å². The van der Waals surface area contributed by atoms with Gasteiger partial charge in [-0.2, -0.15) is 0 Å². The molecule has 0 saturated carbocycles. The summed E-state index contributed by atoms with van der Waals surface area (Å²) in [6.45, 7) is 6.26. The first-order valence-corrected chi connectivity index (χ1v) is 6.50. The van der Waals surface area contributed by atoms with E-state index in [1.807, 2.05) is 13.8 Å². The van der Waals surface area contributed by atoms with Crippen LogP contribution in [0.3, 0.4) is 0 Å². The summed E-state index contributed by atoms with van der Waals surface area (Å²) in [5.41, 5.74) is 0. The van der Waals surface area contributed by atoms with Crippen molar-refractivity contribution in [2.24, 2.45) is 11.8 Å². The maximum absolute atomic E-state index is 11.8. The lowest BCUT2D eigenvalue weighted by Gasteiger charge is -2.19. The second-order valence-electron chi connectivity index (χ2n) is 4.82. The number of carbonyl (C=O) groups excluding carboxylic acids is 2. The van der Waals surface area contributed by atoms with E-state index in [-0.39, 0.29) is 29.9 Å². The average Bonchev–Trinajstić information content (AvgIpc) is 2.62. The van der Waals surface area contributed by atoms with Crippen LogP contribution in [0.2, 0.25) is 0 Å². The molecule has 4 atom stereocenters. The van der Waals surface area contributed by atoms with Gasteiger partial charge in [-0.1, -0.05) is 6.92 Å². The second kappa shape index (κ2) is 6.73. The predicted octanol–water partition coefficient (Wildman–Crippen LogP) is 1.12. The zero-order chi connectivity index (χ0) is 13.7. The molecule has 0 aromatic heterocycles. The lowest BCUT2D eigenvalue weighted by Crippen LogP contribution is -2.38. The minimum Gasteiger partial charge on any atom is -0.469 e. The lowest BCUT2D eigenvalue weighted by molar-refractivity contribution is -0.146. The molecule has 0 aliphatic carbocycles. The molecule has 1 rings (SSSR count). The van der Waals surface area contributed by atoms with Crippen molar-refractivity contribution in [2.45, 2.75) is 45.7 Å². The Morgan fingerprint density at radius 2 is 1.94 bits per heavy atom. The number of nitrogens with one attached hydrogen (secondary N) is 1. The maximum atomic E-state index is 11.8. The zero-order valence-electron chi connectivity index (χ0n) is 11.6. The molecule has 1 aliphatic heterocycles. The molecule has 0 aromatic rings. The van der Waals surface area contributed by atoms with E-state index in [0.717, 1.165) is 6.42 Å². The number of esters is 2. The molecule has 0 amide bonds. The van der Waals surface area contributed by atoms with Crippen LogP contribution in [-0.2, 0) is 19.1 Å². The monoisotopic (exact) mass is 257 g/mol. The highest BCUT2D eigenvalue weighted by Crippen LogP contribution is 2.31. The lowest BCUT2D eigenvalue weighted by atomic mass is 9.85. The fraction of sp³-hybridized carbons (Fsp3) is 0.846. The van der Waals surface area contributed by atoms with E-state index in [2.05, 4.69) is 10.1 Å². The number of carbonyl (C=O) groups is 2. The summed E-state index contributed by atoms with van der Waals surface area (Å²) >= 11 is 0. The van der Waals surface area contributed by atoms with Crippen molar-refractivity contribution in [1.29, 1.82) is 0 Å². The smallest absolute Gasteiger partial charge is 0.323 e. The Balaban J connectivity index is 2.55. The van der Waals surface area contributed by atoms with Gasteiger partial charge in [-0.05, 0) is 32.1 Å². The summed E-state index contributed by atoms with van der Waals surface area (Å²) < 4.78 is 9.69. The molecule has 5 heteroatoms. The van der Waals surface area contributed by atoms with Crippen molar-refractivity contribution in [3.8, 4) is 0 Å². The Morgan fingerprint density at radius 1 is 1.28 bits per heavy atom. The molecule has 1 heterocycles. The van der Waals surface area contributed by atoms with E-state index in [9.17, 15) is 9.59 Å². The number of hydrogen-bond acceptors (Lipinski definition) is 5. The number of methoxy groups -OCH3 is 1. The van der Waals surface area contributed by atoms with E-state index in [0.29, 0.717) is 18.9 Å². The van der Waals surface area contributed by atoms with Crippen LogP contribution in [-0.4, -0.2) is 37.7 Å². The summed E-state index contributed by atoms with van der Waals surface area (Å²) in [5.74, 6) is 0.0635. The Kier molecular flexibility index (Phi) is 5.59. The molecule has 18 heavy (non-hydrogen) atoms. The van der Waals surface area contributed by atoms with Gasteiger partial charge in [-0.3, -0.25) is 9.59 Å². The molecule has 0 bridgehead atoms. The fourth-order valence-corrected chi connectivity index (χ4v) is 2.68. The van der Waals surface area contributed by atoms with Gasteiger partial charge in [0.1, 0.15) is 6.04 Å². The maximum Gasteiger partial charge on any atom is 0.323 e. The summed E-state index contributed by atoms with van der Waals surface area (Å²) in [6.07, 6.45) is 1.13. The molecule has 1 aliphatic rings. The van der Waals surface area contributed by atoms with Crippen LogP contribution in [0.5, 0.6) is 0 Å². The summed E-state index contributed by atoms with van der Waals surface area (Å²) in [6, 6.07) is -0.0540. The van der Waals surface area contributed by atoms with Crippen molar-refractivity contribution in [2.75, 3.05) is 13.7 Å². The molecule has 4 unspecified atom stereocenters. The normalized spacial score (nSPS) is 31.1. The summed E-state index contributed by atoms with van der Waals surface area (Å²) in [4.78, 5) is 22.9. The third kappa shape index (κ3) is 3.45. The third-order valence-electron chi connectivity index (χ3n) is 3.74. The molecule has 5 nitrogen and oxygen atoms in total. The van der Waals surface area contributed by atoms with Gasteiger partial charge in [-0.25, -0.2) is 0 Å². The molecule has 104 valence electrons. The summed E-state index contributed by atoms with van der Waals surface area (Å²) in [5, 5.41) is 3.25. The number of rotatable bonds is 5. The topological polar surface area (TPSA) is 64.6 Å². The number of hydrogen-bond donors (Lipinski definition) is 1. The van der Waals surface area contributed by atoms with Crippen molar-refractivity contribution in [3.63, 3.8) is 0 Å². The highest BCUT2D eigenvalue weighted by atomic mass is 16.5. The molecule has 1 saturated heterocycles. The van der Waals surface area contributed by atoms with Gasteiger partial charge in [0.2, 0.25) is 0 Å². The molecular weight excluding hydrogens is 234 g/mol. The Hall–Kier alpha value is -1.10. The van der Waals surface area contributed by atoms with Gasteiger partial charge in [0.05, 0.1) is 13.7 Å². The first kappa shape index (κ1) is 15.0. The quantitative estimate of drug-likeness (QED) is 0.748.